The third kappa shape index (κ3) is 3.12. The maximum atomic E-state index is 6.27. The van der Waals surface area contributed by atoms with Crippen LogP contribution in [0.25, 0.3) is 0 Å². The summed E-state index contributed by atoms with van der Waals surface area (Å²) < 4.78 is 2.42. The van der Waals surface area contributed by atoms with Crippen LogP contribution in [0, 0.1) is 2.88 Å². The van der Waals surface area contributed by atoms with Gasteiger partial charge in [-0.25, -0.2) is 0 Å². The number of fused-ring (bicyclic) bond motifs is 1. The zero-order valence-corrected chi connectivity index (χ0v) is 15.4. The Balaban J connectivity index is 1.90. The second kappa shape index (κ2) is 5.92. The van der Waals surface area contributed by atoms with E-state index in [0.717, 1.165) is 15.2 Å². The first kappa shape index (κ1) is 14.2. The molecule has 1 atom stereocenters. The van der Waals surface area contributed by atoms with E-state index in [1.54, 1.807) is 0 Å². The van der Waals surface area contributed by atoms with Gasteiger partial charge in [0.1, 0.15) is 0 Å². The average Bonchev–Trinajstić information content (AvgIpc) is 2.75. The fourth-order valence-corrected chi connectivity index (χ4v) is 5.12. The van der Waals surface area contributed by atoms with Gasteiger partial charge in [0.15, 0.2) is 0 Å². The number of thiophene rings is 1. The Hall–Kier alpha value is 0.220. The molecule has 1 aliphatic rings. The van der Waals surface area contributed by atoms with Crippen molar-refractivity contribution in [3.8, 4) is 0 Å². The first-order valence-electron chi connectivity index (χ1n) is 6.13. The van der Waals surface area contributed by atoms with Crippen LogP contribution in [0.4, 0.5) is 5.69 Å². The highest BCUT2D eigenvalue weighted by molar-refractivity contribution is 14.1. The van der Waals surface area contributed by atoms with Crippen LogP contribution < -0.4 is 5.32 Å². The molecule has 1 N–H and O–H groups in total. The molecule has 0 fully saturated rings. The Morgan fingerprint density at radius 1 is 1.37 bits per heavy atom. The molecule has 0 radical (unpaired) electrons. The highest BCUT2D eigenvalue weighted by Crippen LogP contribution is 2.39. The van der Waals surface area contributed by atoms with Crippen molar-refractivity contribution in [3.63, 3.8) is 0 Å². The van der Waals surface area contributed by atoms with E-state index in [-0.39, 0.29) is 0 Å². The Labute approximate surface area is 144 Å². The van der Waals surface area contributed by atoms with Crippen LogP contribution in [0.1, 0.15) is 29.3 Å². The summed E-state index contributed by atoms with van der Waals surface area (Å²) in [5.41, 5.74) is 2.46. The number of halogens is 3. The molecule has 0 bridgehead atoms. The van der Waals surface area contributed by atoms with Gasteiger partial charge in [0, 0.05) is 9.35 Å². The molecule has 1 aromatic carbocycles. The van der Waals surface area contributed by atoms with Crippen LogP contribution in [-0.4, -0.2) is 0 Å². The summed E-state index contributed by atoms with van der Waals surface area (Å²) >= 11 is 14.1. The van der Waals surface area contributed by atoms with Gasteiger partial charge >= 0.3 is 0 Å². The zero-order chi connectivity index (χ0) is 13.4. The number of aryl methyl sites for hydroxylation is 1. The van der Waals surface area contributed by atoms with Crippen molar-refractivity contribution in [2.75, 3.05) is 5.32 Å². The number of benzene rings is 1. The molecular weight excluding hydrogens is 456 g/mol. The lowest BCUT2D eigenvalue weighted by atomic mass is 9.94. The van der Waals surface area contributed by atoms with E-state index < -0.39 is 0 Å². The quantitative estimate of drug-likeness (QED) is 0.513. The summed E-state index contributed by atoms with van der Waals surface area (Å²) in [6, 6.07) is 8.63. The Morgan fingerprint density at radius 3 is 3.05 bits per heavy atom. The molecule has 0 spiro atoms. The Bertz CT molecular complexity index is 613. The number of hydrogen-bond acceptors (Lipinski definition) is 2. The number of nitrogens with one attached hydrogen (secondary N) is 1. The van der Waals surface area contributed by atoms with Gasteiger partial charge in [-0.3, -0.25) is 0 Å². The summed E-state index contributed by atoms with van der Waals surface area (Å²) in [6.45, 7) is 0. The summed E-state index contributed by atoms with van der Waals surface area (Å²) in [7, 11) is 0. The smallest absolute Gasteiger partial charge is 0.0660 e. The normalized spacial score (nSPS) is 18.2. The predicted molar refractivity (Wildman–Crippen MR) is 95.5 cm³/mol. The van der Waals surface area contributed by atoms with Gasteiger partial charge in [0.05, 0.1) is 19.6 Å². The number of hydrogen-bond donors (Lipinski definition) is 1. The van der Waals surface area contributed by atoms with Gasteiger partial charge in [-0.15, -0.1) is 11.3 Å². The van der Waals surface area contributed by atoms with Crippen molar-refractivity contribution in [2.45, 2.75) is 25.3 Å². The van der Waals surface area contributed by atoms with Gasteiger partial charge in [-0.05, 0) is 71.7 Å². The van der Waals surface area contributed by atoms with E-state index in [9.17, 15) is 0 Å². The van der Waals surface area contributed by atoms with Crippen molar-refractivity contribution < 1.29 is 0 Å². The number of anilines is 1. The van der Waals surface area contributed by atoms with E-state index in [0.29, 0.717) is 6.04 Å². The van der Waals surface area contributed by atoms with Crippen molar-refractivity contribution >= 4 is 67.1 Å². The third-order valence-electron chi connectivity index (χ3n) is 3.34. The van der Waals surface area contributed by atoms with E-state index in [2.05, 4.69) is 49.9 Å². The summed E-state index contributed by atoms with van der Waals surface area (Å²) in [5, 5.41) is 4.38. The van der Waals surface area contributed by atoms with Crippen LogP contribution in [0.2, 0.25) is 5.02 Å². The third-order valence-corrected chi connectivity index (χ3v) is 6.14. The van der Waals surface area contributed by atoms with Crippen LogP contribution in [-0.2, 0) is 6.42 Å². The minimum Gasteiger partial charge on any atom is -0.377 e. The number of rotatable bonds is 2. The molecule has 1 heterocycles. The topological polar surface area (TPSA) is 12.0 Å². The molecule has 2 aromatic rings. The molecule has 5 heteroatoms. The molecular formula is C14H12BrClINS. The maximum Gasteiger partial charge on any atom is 0.0660 e. The molecule has 0 amide bonds. The molecule has 1 unspecified atom stereocenters. The average molecular weight is 469 g/mol. The molecule has 19 heavy (non-hydrogen) atoms. The van der Waals surface area contributed by atoms with Crippen LogP contribution >= 0.6 is 61.5 Å². The zero-order valence-electron chi connectivity index (χ0n) is 10.1. The molecule has 0 saturated heterocycles. The summed E-state index contributed by atoms with van der Waals surface area (Å²) in [5.74, 6) is 0. The SMILES string of the molecule is Clc1ccc(Br)cc1NC1CCCc2sc(I)cc21. The Morgan fingerprint density at radius 2 is 2.21 bits per heavy atom. The second-order valence-corrected chi connectivity index (χ2v) is 9.00. The standard InChI is InChI=1S/C14H12BrClINS/c15-8-4-5-10(16)12(6-8)18-11-2-1-3-13-9(11)7-14(17)19-13/h4-7,11,18H,1-3H2. The second-order valence-electron chi connectivity index (χ2n) is 4.64. The summed E-state index contributed by atoms with van der Waals surface area (Å²) in [4.78, 5) is 1.53. The van der Waals surface area contributed by atoms with E-state index in [4.69, 9.17) is 11.6 Å². The Kier molecular flexibility index (Phi) is 4.41. The first-order chi connectivity index (χ1) is 9.13. The molecule has 1 nitrogen and oxygen atoms in total. The lowest BCUT2D eigenvalue weighted by Crippen LogP contribution is -2.15. The molecule has 100 valence electrons. The largest absolute Gasteiger partial charge is 0.377 e. The van der Waals surface area contributed by atoms with Crippen molar-refractivity contribution in [2.24, 2.45) is 0 Å². The van der Waals surface area contributed by atoms with Crippen molar-refractivity contribution in [1.29, 1.82) is 0 Å². The van der Waals surface area contributed by atoms with E-state index >= 15 is 0 Å². The van der Waals surface area contributed by atoms with Gasteiger partial charge < -0.3 is 5.32 Å². The van der Waals surface area contributed by atoms with Crippen LogP contribution in [0.5, 0.6) is 0 Å². The molecule has 1 aromatic heterocycles. The summed E-state index contributed by atoms with van der Waals surface area (Å²) in [6.07, 6.45) is 3.63. The van der Waals surface area contributed by atoms with Crippen LogP contribution in [0.3, 0.4) is 0 Å². The van der Waals surface area contributed by atoms with Crippen molar-refractivity contribution in [3.05, 3.63) is 47.1 Å². The minimum absolute atomic E-state index is 0.385. The maximum absolute atomic E-state index is 6.27. The highest BCUT2D eigenvalue weighted by Gasteiger charge is 2.23. The molecule has 0 aliphatic heterocycles. The fraction of sp³-hybridized carbons (Fsp3) is 0.286. The van der Waals surface area contributed by atoms with Crippen molar-refractivity contribution in [1.82, 2.24) is 0 Å². The lowest BCUT2D eigenvalue weighted by molar-refractivity contribution is 0.609. The van der Waals surface area contributed by atoms with Gasteiger partial charge in [-0.1, -0.05) is 27.5 Å². The monoisotopic (exact) mass is 467 g/mol. The predicted octanol–water partition coefficient (Wildman–Crippen LogP) is 6.26. The van der Waals surface area contributed by atoms with E-state index in [1.807, 2.05) is 29.5 Å². The van der Waals surface area contributed by atoms with Gasteiger partial charge in [0.25, 0.3) is 0 Å². The fourth-order valence-electron chi connectivity index (χ4n) is 2.47. The van der Waals surface area contributed by atoms with E-state index in [1.165, 1.54) is 32.6 Å². The van der Waals surface area contributed by atoms with Gasteiger partial charge in [-0.2, -0.15) is 0 Å². The minimum atomic E-state index is 0.385. The molecule has 1 aliphatic carbocycles. The highest BCUT2D eigenvalue weighted by atomic mass is 127. The first-order valence-corrected chi connectivity index (χ1v) is 9.20. The van der Waals surface area contributed by atoms with Gasteiger partial charge in [0.2, 0.25) is 0 Å². The molecule has 0 saturated carbocycles. The molecule has 3 rings (SSSR count). The van der Waals surface area contributed by atoms with Crippen LogP contribution in [0.15, 0.2) is 28.7 Å². The lowest BCUT2D eigenvalue weighted by Gasteiger charge is -2.25.